The van der Waals surface area contributed by atoms with Gasteiger partial charge in [-0.2, -0.15) is 0 Å². The van der Waals surface area contributed by atoms with Crippen LogP contribution in [0.25, 0.3) is 11.4 Å². The number of alkyl halides is 2. The van der Waals surface area contributed by atoms with Crippen molar-refractivity contribution < 1.29 is 26.7 Å². The minimum Gasteiger partial charge on any atom is -0.377 e. The molecule has 0 spiro atoms. The first-order valence-corrected chi connectivity index (χ1v) is 11.9. The summed E-state index contributed by atoms with van der Waals surface area (Å²) >= 11 is 0. The summed E-state index contributed by atoms with van der Waals surface area (Å²) in [6, 6.07) is 5.86. The average Bonchev–Trinajstić information content (AvgIpc) is 3.06. The molecule has 1 saturated heterocycles. The third-order valence-electron chi connectivity index (χ3n) is 5.25. The maximum Gasteiger partial charge on any atom is 0.319 e. The minimum atomic E-state index is -3.28. The molecular formula is C20H23F2N5O4S. The van der Waals surface area contributed by atoms with Crippen molar-refractivity contribution in [3.8, 4) is 11.4 Å². The van der Waals surface area contributed by atoms with Gasteiger partial charge in [0.05, 0.1) is 43.0 Å². The normalized spacial score (nSPS) is 19.6. The van der Waals surface area contributed by atoms with Crippen molar-refractivity contribution in [3.63, 3.8) is 0 Å². The largest absolute Gasteiger partial charge is 0.377 e. The Hall–Kier alpha value is -2.86. The summed E-state index contributed by atoms with van der Waals surface area (Å²) in [5, 5.41) is 4.54. The number of amides is 2. The summed E-state index contributed by atoms with van der Waals surface area (Å²) in [6.45, 7) is 2.91. The quantitative estimate of drug-likeness (QED) is 0.693. The first-order chi connectivity index (χ1) is 15.2. The number of fused-ring (bicyclic) bond motifs is 1. The number of carbonyl (C=O) groups is 1. The Kier molecular flexibility index (Phi) is 6.24. The van der Waals surface area contributed by atoms with Gasteiger partial charge in [-0.1, -0.05) is 0 Å². The summed E-state index contributed by atoms with van der Waals surface area (Å²) in [5.41, 5.74) is 2.18. The van der Waals surface area contributed by atoms with Crippen LogP contribution in [0.15, 0.2) is 24.3 Å². The van der Waals surface area contributed by atoms with Gasteiger partial charge in [-0.05, 0) is 31.2 Å². The lowest BCUT2D eigenvalue weighted by Gasteiger charge is -2.35. The van der Waals surface area contributed by atoms with Gasteiger partial charge >= 0.3 is 6.03 Å². The SMILES string of the molecule is C[C@H]1COCCN1c1nc(-c2ccc(NC(=O)NCC(F)F)cc2)nc2c1CS(=O)(=O)C2. The highest BCUT2D eigenvalue weighted by molar-refractivity contribution is 7.90. The lowest BCUT2D eigenvalue weighted by molar-refractivity contribution is 0.0984. The smallest absolute Gasteiger partial charge is 0.319 e. The maximum absolute atomic E-state index is 12.3. The molecule has 2 aliphatic rings. The number of morpholine rings is 1. The molecule has 0 bridgehead atoms. The maximum atomic E-state index is 12.3. The van der Waals surface area contributed by atoms with Crippen LogP contribution in [-0.4, -0.2) is 63.2 Å². The van der Waals surface area contributed by atoms with Crippen LogP contribution in [-0.2, 0) is 26.1 Å². The van der Waals surface area contributed by atoms with Crippen LogP contribution in [0, 0.1) is 0 Å². The van der Waals surface area contributed by atoms with Gasteiger partial charge in [0.25, 0.3) is 6.43 Å². The van der Waals surface area contributed by atoms with E-state index in [9.17, 15) is 22.0 Å². The molecule has 0 unspecified atom stereocenters. The van der Waals surface area contributed by atoms with Crippen LogP contribution in [0.3, 0.4) is 0 Å². The van der Waals surface area contributed by atoms with E-state index in [1.165, 1.54) is 0 Å². The third kappa shape index (κ3) is 4.96. The Bertz CT molecular complexity index is 1110. The number of aromatic nitrogens is 2. The number of ether oxygens (including phenoxy) is 1. The van der Waals surface area contributed by atoms with E-state index < -0.39 is 28.8 Å². The molecule has 1 atom stereocenters. The topological polar surface area (TPSA) is 114 Å². The second kappa shape index (κ2) is 8.94. The fraction of sp³-hybridized carbons (Fsp3) is 0.450. The monoisotopic (exact) mass is 467 g/mol. The lowest BCUT2D eigenvalue weighted by Crippen LogP contribution is -2.44. The van der Waals surface area contributed by atoms with Gasteiger partial charge in [0.1, 0.15) is 5.82 Å². The molecule has 0 radical (unpaired) electrons. The number of hydrogen-bond donors (Lipinski definition) is 2. The van der Waals surface area contributed by atoms with Crippen molar-refractivity contribution in [2.24, 2.45) is 0 Å². The van der Waals surface area contributed by atoms with Crippen molar-refractivity contribution in [1.29, 1.82) is 0 Å². The van der Waals surface area contributed by atoms with Crippen LogP contribution < -0.4 is 15.5 Å². The zero-order valence-electron chi connectivity index (χ0n) is 17.3. The highest BCUT2D eigenvalue weighted by Crippen LogP contribution is 2.34. The van der Waals surface area contributed by atoms with Gasteiger partial charge in [-0.15, -0.1) is 0 Å². The summed E-state index contributed by atoms with van der Waals surface area (Å²) in [5.74, 6) is 0.769. The van der Waals surface area contributed by atoms with Crippen LogP contribution >= 0.6 is 0 Å². The van der Waals surface area contributed by atoms with E-state index in [-0.39, 0.29) is 17.5 Å². The molecule has 1 aromatic carbocycles. The van der Waals surface area contributed by atoms with Crippen LogP contribution in [0.2, 0.25) is 0 Å². The van der Waals surface area contributed by atoms with E-state index in [0.717, 1.165) is 0 Å². The van der Waals surface area contributed by atoms with Gasteiger partial charge < -0.3 is 20.3 Å². The highest BCUT2D eigenvalue weighted by atomic mass is 32.2. The lowest BCUT2D eigenvalue weighted by atomic mass is 10.1. The summed E-state index contributed by atoms with van der Waals surface area (Å²) in [4.78, 5) is 22.9. The van der Waals surface area contributed by atoms with Crippen molar-refractivity contribution in [1.82, 2.24) is 15.3 Å². The van der Waals surface area contributed by atoms with Gasteiger partial charge in [-0.3, -0.25) is 0 Å². The molecule has 0 aliphatic carbocycles. The number of benzene rings is 1. The van der Waals surface area contributed by atoms with E-state index in [0.29, 0.717) is 53.9 Å². The van der Waals surface area contributed by atoms with Crippen LogP contribution in [0.5, 0.6) is 0 Å². The van der Waals surface area contributed by atoms with Crippen molar-refractivity contribution in [2.45, 2.75) is 30.9 Å². The molecule has 4 rings (SSSR count). The number of nitrogens with zero attached hydrogens (tertiary/aromatic N) is 3. The zero-order chi connectivity index (χ0) is 22.9. The van der Waals surface area contributed by atoms with Gasteiger partial charge in [0, 0.05) is 23.4 Å². The summed E-state index contributed by atoms with van der Waals surface area (Å²) in [7, 11) is -3.28. The van der Waals surface area contributed by atoms with Crippen LogP contribution in [0.4, 0.5) is 25.1 Å². The molecule has 2 N–H and O–H groups in total. The molecule has 32 heavy (non-hydrogen) atoms. The Morgan fingerprint density at radius 1 is 1.25 bits per heavy atom. The molecule has 2 aromatic rings. The first kappa shape index (κ1) is 22.3. The average molecular weight is 467 g/mol. The Morgan fingerprint density at radius 2 is 2.00 bits per heavy atom. The number of halogens is 2. The van der Waals surface area contributed by atoms with Gasteiger partial charge in [0.15, 0.2) is 15.7 Å². The Labute approximate surface area is 184 Å². The molecule has 12 heteroatoms. The van der Waals surface area contributed by atoms with Crippen LogP contribution in [0.1, 0.15) is 18.2 Å². The van der Waals surface area contributed by atoms with E-state index in [4.69, 9.17) is 9.72 Å². The second-order valence-corrected chi connectivity index (χ2v) is 9.81. The zero-order valence-corrected chi connectivity index (χ0v) is 18.2. The summed E-state index contributed by atoms with van der Waals surface area (Å²) in [6.07, 6.45) is -2.63. The Morgan fingerprint density at radius 3 is 2.69 bits per heavy atom. The fourth-order valence-electron chi connectivity index (χ4n) is 3.72. The number of hydrogen-bond acceptors (Lipinski definition) is 7. The first-order valence-electron chi connectivity index (χ1n) is 10.1. The predicted octanol–water partition coefficient (Wildman–Crippen LogP) is 2.18. The number of nitrogens with one attached hydrogen (secondary N) is 2. The summed E-state index contributed by atoms with van der Waals surface area (Å²) < 4.78 is 54.5. The predicted molar refractivity (Wildman–Crippen MR) is 114 cm³/mol. The van der Waals surface area contributed by atoms with Crippen molar-refractivity contribution in [3.05, 3.63) is 35.5 Å². The number of sulfone groups is 1. The second-order valence-electron chi connectivity index (χ2n) is 7.75. The molecule has 9 nitrogen and oxygen atoms in total. The fourth-order valence-corrected chi connectivity index (χ4v) is 5.21. The Balaban J connectivity index is 1.61. The molecule has 2 amide bonds. The third-order valence-corrected chi connectivity index (χ3v) is 6.69. The van der Waals surface area contributed by atoms with Crippen molar-refractivity contribution >= 4 is 27.4 Å². The van der Waals surface area contributed by atoms with E-state index in [2.05, 4.69) is 20.5 Å². The molecule has 3 heterocycles. The van der Waals surface area contributed by atoms with E-state index >= 15 is 0 Å². The van der Waals surface area contributed by atoms with Gasteiger partial charge in [-0.25, -0.2) is 32.0 Å². The van der Waals surface area contributed by atoms with Crippen molar-refractivity contribution in [2.75, 3.05) is 36.5 Å². The van der Waals surface area contributed by atoms with E-state index in [1.54, 1.807) is 24.3 Å². The van der Waals surface area contributed by atoms with Gasteiger partial charge in [0.2, 0.25) is 0 Å². The minimum absolute atomic E-state index is 0.0391. The number of anilines is 2. The molecule has 0 saturated carbocycles. The molecule has 2 aliphatic heterocycles. The molecule has 172 valence electrons. The standard InChI is InChI=1S/C20H23F2N5O4S/c1-12-9-31-7-6-27(12)19-15-10-32(29,30)11-16(15)25-18(26-19)13-2-4-14(5-3-13)24-20(28)23-8-17(21)22/h2-5,12,17H,6-11H2,1H3,(H2,23,24,28)/t12-/m0/s1. The number of carbonyl (C=O) groups excluding carboxylic acids is 1. The molecule has 1 fully saturated rings. The highest BCUT2D eigenvalue weighted by Gasteiger charge is 2.34. The number of rotatable bonds is 5. The van der Waals surface area contributed by atoms with E-state index in [1.807, 2.05) is 6.92 Å². The number of urea groups is 1. The molecule has 1 aromatic heterocycles. The molecular weight excluding hydrogens is 444 g/mol.